The van der Waals surface area contributed by atoms with Gasteiger partial charge in [0.1, 0.15) is 11.6 Å². The zero-order valence-corrected chi connectivity index (χ0v) is 20.7. The standard InChI is InChI=1S/C28H30FN5O2/c1-4-36-25-13-19(8-9-23(25)18-6-5-7-22(29)12-18)28(35)34(3)27(20-10-11-33(2)17-20)24-16-30-14-21-15-31-32-26(21)24/h5-9,12-16,20,27H,4,10-11,17H2,1-3H3,(H,31,32)/t20-,27+/m0/s1. The molecule has 1 fully saturated rings. The number of benzene rings is 2. The first kappa shape index (κ1) is 23.9. The minimum atomic E-state index is -0.319. The fourth-order valence-corrected chi connectivity index (χ4v) is 5.27. The average Bonchev–Trinajstić information content (AvgIpc) is 3.53. The molecule has 2 aromatic carbocycles. The van der Waals surface area contributed by atoms with Gasteiger partial charge < -0.3 is 14.5 Å². The number of rotatable bonds is 7. The molecule has 186 valence electrons. The summed E-state index contributed by atoms with van der Waals surface area (Å²) in [6, 6.07) is 11.6. The second-order valence-electron chi connectivity index (χ2n) is 9.39. The van der Waals surface area contributed by atoms with Crippen LogP contribution in [-0.4, -0.2) is 64.7 Å². The van der Waals surface area contributed by atoms with Gasteiger partial charge in [-0.3, -0.25) is 14.9 Å². The average molecular weight is 488 g/mol. The van der Waals surface area contributed by atoms with Crippen LogP contribution in [0.1, 0.15) is 35.3 Å². The predicted octanol–water partition coefficient (Wildman–Crippen LogP) is 4.93. The molecule has 8 heteroatoms. The van der Waals surface area contributed by atoms with Gasteiger partial charge in [-0.1, -0.05) is 12.1 Å². The molecule has 0 saturated carbocycles. The molecule has 1 aliphatic heterocycles. The van der Waals surface area contributed by atoms with Crippen LogP contribution in [0.3, 0.4) is 0 Å². The smallest absolute Gasteiger partial charge is 0.254 e. The summed E-state index contributed by atoms with van der Waals surface area (Å²) < 4.78 is 19.8. The number of nitrogens with one attached hydrogen (secondary N) is 1. The van der Waals surface area contributed by atoms with Crippen molar-refractivity contribution in [3.8, 4) is 16.9 Å². The van der Waals surface area contributed by atoms with Gasteiger partial charge in [-0.15, -0.1) is 0 Å². The summed E-state index contributed by atoms with van der Waals surface area (Å²) in [5.74, 6) is 0.369. The summed E-state index contributed by atoms with van der Waals surface area (Å²) in [5, 5.41) is 8.22. The molecule has 1 saturated heterocycles. The number of ether oxygens (including phenoxy) is 1. The number of hydrogen-bond donors (Lipinski definition) is 1. The Morgan fingerprint density at radius 3 is 2.86 bits per heavy atom. The molecule has 1 N–H and O–H groups in total. The van der Waals surface area contributed by atoms with Crippen LogP contribution in [0.4, 0.5) is 4.39 Å². The van der Waals surface area contributed by atoms with Gasteiger partial charge in [-0.25, -0.2) is 4.39 Å². The van der Waals surface area contributed by atoms with E-state index in [9.17, 15) is 9.18 Å². The lowest BCUT2D eigenvalue weighted by Gasteiger charge is -2.33. The molecule has 0 aliphatic carbocycles. The largest absolute Gasteiger partial charge is 0.493 e. The maximum absolute atomic E-state index is 13.9. The molecule has 1 amide bonds. The number of halogens is 1. The van der Waals surface area contributed by atoms with Gasteiger partial charge in [0.2, 0.25) is 0 Å². The Morgan fingerprint density at radius 2 is 2.11 bits per heavy atom. The number of likely N-dealkylation sites (tertiary alicyclic amines) is 1. The van der Waals surface area contributed by atoms with Crippen LogP contribution in [0, 0.1) is 11.7 Å². The van der Waals surface area contributed by atoms with E-state index < -0.39 is 0 Å². The Kier molecular flexibility index (Phi) is 6.69. The van der Waals surface area contributed by atoms with Crippen molar-refractivity contribution in [3.63, 3.8) is 0 Å². The highest BCUT2D eigenvalue weighted by Gasteiger charge is 2.35. The van der Waals surface area contributed by atoms with Gasteiger partial charge in [-0.2, -0.15) is 5.10 Å². The van der Waals surface area contributed by atoms with E-state index in [-0.39, 0.29) is 23.7 Å². The van der Waals surface area contributed by atoms with Crippen LogP contribution in [0.2, 0.25) is 0 Å². The Bertz CT molecular complexity index is 1390. The van der Waals surface area contributed by atoms with E-state index in [2.05, 4.69) is 27.1 Å². The Labute approximate surface area is 209 Å². The van der Waals surface area contributed by atoms with Crippen molar-refractivity contribution < 1.29 is 13.9 Å². The first-order valence-electron chi connectivity index (χ1n) is 12.2. The molecular weight excluding hydrogens is 457 g/mol. The number of carbonyl (C=O) groups excluding carboxylic acids is 1. The number of fused-ring (bicyclic) bond motifs is 1. The van der Waals surface area contributed by atoms with Crippen molar-refractivity contribution in [2.24, 2.45) is 5.92 Å². The van der Waals surface area contributed by atoms with E-state index in [0.717, 1.165) is 41.5 Å². The molecule has 5 rings (SSSR count). The summed E-state index contributed by atoms with van der Waals surface area (Å²) in [5.41, 5.74) is 3.83. The monoisotopic (exact) mass is 487 g/mol. The van der Waals surface area contributed by atoms with Gasteiger partial charge in [0.25, 0.3) is 5.91 Å². The first-order valence-corrected chi connectivity index (χ1v) is 12.2. The molecular formula is C28H30FN5O2. The molecule has 0 unspecified atom stereocenters. The van der Waals surface area contributed by atoms with Gasteiger partial charge >= 0.3 is 0 Å². The van der Waals surface area contributed by atoms with Crippen LogP contribution in [0.25, 0.3) is 22.0 Å². The van der Waals surface area contributed by atoms with Crippen molar-refractivity contribution in [1.29, 1.82) is 0 Å². The fraction of sp³-hybridized carbons (Fsp3) is 0.321. The number of carbonyl (C=O) groups is 1. The summed E-state index contributed by atoms with van der Waals surface area (Å²) in [7, 11) is 3.95. The molecule has 7 nitrogen and oxygen atoms in total. The van der Waals surface area contributed by atoms with E-state index in [1.54, 1.807) is 30.6 Å². The maximum atomic E-state index is 13.9. The maximum Gasteiger partial charge on any atom is 0.254 e. The van der Waals surface area contributed by atoms with E-state index in [1.807, 2.05) is 37.2 Å². The normalized spacial score (nSPS) is 16.8. The second kappa shape index (κ2) is 10.1. The number of pyridine rings is 1. The molecule has 4 aromatic rings. The molecule has 3 heterocycles. The molecule has 1 aliphatic rings. The van der Waals surface area contributed by atoms with Crippen molar-refractivity contribution in [2.75, 3.05) is 33.8 Å². The fourth-order valence-electron chi connectivity index (χ4n) is 5.27. The quantitative estimate of drug-likeness (QED) is 0.400. The lowest BCUT2D eigenvalue weighted by Crippen LogP contribution is -2.36. The van der Waals surface area contributed by atoms with Gasteiger partial charge in [0.05, 0.1) is 24.4 Å². The Balaban J connectivity index is 1.53. The van der Waals surface area contributed by atoms with Crippen LogP contribution in [-0.2, 0) is 0 Å². The summed E-state index contributed by atoms with van der Waals surface area (Å²) in [4.78, 5) is 22.4. The van der Waals surface area contributed by atoms with Crippen molar-refractivity contribution >= 4 is 16.8 Å². The van der Waals surface area contributed by atoms with Crippen molar-refractivity contribution in [2.45, 2.75) is 19.4 Å². The summed E-state index contributed by atoms with van der Waals surface area (Å²) in [6.07, 6.45) is 6.35. The number of aromatic amines is 1. The van der Waals surface area contributed by atoms with Crippen LogP contribution in [0.5, 0.6) is 5.75 Å². The minimum Gasteiger partial charge on any atom is -0.493 e. The number of aromatic nitrogens is 3. The highest BCUT2D eigenvalue weighted by atomic mass is 19.1. The second-order valence-corrected chi connectivity index (χ2v) is 9.39. The highest BCUT2D eigenvalue weighted by Crippen LogP contribution is 2.38. The highest BCUT2D eigenvalue weighted by molar-refractivity contribution is 5.96. The third-order valence-electron chi connectivity index (χ3n) is 6.98. The number of hydrogen-bond acceptors (Lipinski definition) is 5. The third kappa shape index (κ3) is 4.56. The number of amides is 1. The van der Waals surface area contributed by atoms with Crippen LogP contribution < -0.4 is 4.74 Å². The van der Waals surface area contributed by atoms with Crippen molar-refractivity contribution in [3.05, 3.63) is 78.0 Å². The minimum absolute atomic E-state index is 0.113. The summed E-state index contributed by atoms with van der Waals surface area (Å²) >= 11 is 0. The van der Waals surface area contributed by atoms with Gasteiger partial charge in [0.15, 0.2) is 0 Å². The molecule has 36 heavy (non-hydrogen) atoms. The van der Waals surface area contributed by atoms with E-state index in [1.165, 1.54) is 12.1 Å². The summed E-state index contributed by atoms with van der Waals surface area (Å²) in [6.45, 7) is 4.18. The molecule has 0 bridgehead atoms. The van der Waals surface area contributed by atoms with Gasteiger partial charge in [0, 0.05) is 48.1 Å². The lowest BCUT2D eigenvalue weighted by atomic mass is 9.90. The molecule has 0 radical (unpaired) electrons. The number of nitrogens with zero attached hydrogens (tertiary/aromatic N) is 4. The lowest BCUT2D eigenvalue weighted by molar-refractivity contribution is 0.0674. The van der Waals surface area contributed by atoms with Crippen molar-refractivity contribution in [1.82, 2.24) is 25.0 Å². The predicted molar refractivity (Wildman–Crippen MR) is 137 cm³/mol. The Hall–Kier alpha value is -3.78. The molecule has 2 aromatic heterocycles. The third-order valence-corrected chi connectivity index (χ3v) is 6.98. The van der Waals surface area contributed by atoms with Gasteiger partial charge in [-0.05, 0) is 68.8 Å². The Morgan fingerprint density at radius 1 is 1.25 bits per heavy atom. The molecule has 2 atom stereocenters. The first-order chi connectivity index (χ1) is 17.5. The van der Waals surface area contributed by atoms with E-state index in [0.29, 0.717) is 23.5 Å². The SMILES string of the molecule is CCOc1cc(C(=O)N(C)[C@@H](c2cncc3cn[nH]c23)[C@H]2CCN(C)C2)ccc1-c1cccc(F)c1. The zero-order chi connectivity index (χ0) is 25.2. The topological polar surface area (TPSA) is 74.3 Å². The van der Waals surface area contributed by atoms with Crippen LogP contribution in [0.15, 0.2) is 61.1 Å². The molecule has 0 spiro atoms. The number of H-pyrrole nitrogens is 1. The zero-order valence-electron chi connectivity index (χ0n) is 20.7. The van der Waals surface area contributed by atoms with E-state index >= 15 is 0 Å². The van der Waals surface area contributed by atoms with Crippen LogP contribution >= 0.6 is 0 Å². The van der Waals surface area contributed by atoms with E-state index in [4.69, 9.17) is 4.74 Å².